The summed E-state index contributed by atoms with van der Waals surface area (Å²) >= 11 is 0. The largest absolute Gasteiger partial charge is 0.352 e. The molecule has 0 unspecified atom stereocenters. The highest BCUT2D eigenvalue weighted by Gasteiger charge is 2.23. The van der Waals surface area contributed by atoms with Gasteiger partial charge in [-0.3, -0.25) is 9.59 Å². The van der Waals surface area contributed by atoms with Crippen molar-refractivity contribution in [3.63, 3.8) is 0 Å². The molecule has 1 aliphatic rings. The van der Waals surface area contributed by atoms with Crippen molar-refractivity contribution >= 4 is 17.5 Å². The number of anilines is 1. The van der Waals surface area contributed by atoms with Gasteiger partial charge in [0.1, 0.15) is 6.54 Å². The van der Waals surface area contributed by atoms with Gasteiger partial charge < -0.3 is 10.2 Å². The van der Waals surface area contributed by atoms with Crippen LogP contribution in [0.5, 0.6) is 0 Å². The van der Waals surface area contributed by atoms with E-state index in [4.69, 9.17) is 0 Å². The van der Waals surface area contributed by atoms with E-state index in [0.29, 0.717) is 5.92 Å². The summed E-state index contributed by atoms with van der Waals surface area (Å²) in [6, 6.07) is 6.31. The summed E-state index contributed by atoms with van der Waals surface area (Å²) in [5.41, 5.74) is 3.03. The van der Waals surface area contributed by atoms with Gasteiger partial charge in [-0.05, 0) is 36.8 Å². The second-order valence-electron chi connectivity index (χ2n) is 7.53. The number of carbonyl (C=O) groups is 2. The number of rotatable bonds is 5. The van der Waals surface area contributed by atoms with Gasteiger partial charge in [-0.2, -0.15) is 0 Å². The highest BCUT2D eigenvalue weighted by atomic mass is 16.2. The zero-order valence-corrected chi connectivity index (χ0v) is 16.1. The second kappa shape index (κ2) is 9.02. The zero-order valence-electron chi connectivity index (χ0n) is 16.1. The predicted octanol–water partition coefficient (Wildman–Crippen LogP) is 4.31. The molecule has 1 aromatic rings. The Bertz CT molecular complexity index is 602. The summed E-state index contributed by atoms with van der Waals surface area (Å²) in [5, 5.41) is 3.15. The fourth-order valence-electron chi connectivity index (χ4n) is 3.70. The first-order valence-corrected chi connectivity index (χ1v) is 9.57. The molecule has 1 fully saturated rings. The lowest BCUT2D eigenvalue weighted by molar-refractivity contribution is -0.123. The number of hydrogen-bond donors (Lipinski definition) is 1. The standard InChI is InChI=1S/C21H32N2O2/c1-15(2)19-13-9-10-16(3)21(19)23(17(4)24)14-20(25)22-18-11-7-5-6-8-12-18/h9-10,13,15,18H,5-8,11-12,14H2,1-4H3,(H,22,25). The van der Waals surface area contributed by atoms with Crippen LogP contribution in [0.25, 0.3) is 0 Å². The summed E-state index contributed by atoms with van der Waals surface area (Å²) in [4.78, 5) is 26.5. The van der Waals surface area contributed by atoms with Crippen molar-refractivity contribution in [2.45, 2.75) is 78.2 Å². The predicted molar refractivity (Wildman–Crippen MR) is 103 cm³/mol. The SMILES string of the molecule is CC(=O)N(CC(=O)NC1CCCCCC1)c1c(C)cccc1C(C)C. The van der Waals surface area contributed by atoms with Gasteiger partial charge in [0.05, 0.1) is 5.69 Å². The van der Waals surface area contributed by atoms with Gasteiger partial charge in [0.2, 0.25) is 11.8 Å². The molecule has 0 bridgehead atoms. The summed E-state index contributed by atoms with van der Waals surface area (Å²) in [5.74, 6) is 0.147. The van der Waals surface area contributed by atoms with E-state index in [2.05, 4.69) is 19.2 Å². The molecule has 0 aromatic heterocycles. The molecule has 0 heterocycles. The van der Waals surface area contributed by atoms with Gasteiger partial charge in [-0.1, -0.05) is 57.7 Å². The molecular weight excluding hydrogens is 312 g/mol. The monoisotopic (exact) mass is 344 g/mol. The van der Waals surface area contributed by atoms with Gasteiger partial charge >= 0.3 is 0 Å². The Labute approximate surface area is 152 Å². The van der Waals surface area contributed by atoms with Crippen LogP contribution in [0.3, 0.4) is 0 Å². The molecule has 0 radical (unpaired) electrons. The summed E-state index contributed by atoms with van der Waals surface area (Å²) < 4.78 is 0. The zero-order chi connectivity index (χ0) is 18.4. The number of amides is 2. The topological polar surface area (TPSA) is 49.4 Å². The summed E-state index contributed by atoms with van der Waals surface area (Å²) in [6.07, 6.45) is 6.97. The van der Waals surface area contributed by atoms with Crippen molar-refractivity contribution in [2.75, 3.05) is 11.4 Å². The quantitative estimate of drug-likeness (QED) is 0.809. The van der Waals surface area contributed by atoms with Gasteiger partial charge in [0.25, 0.3) is 0 Å². The van der Waals surface area contributed by atoms with Crippen LogP contribution >= 0.6 is 0 Å². The number of aryl methyl sites for hydroxylation is 1. The average Bonchev–Trinajstić information content (AvgIpc) is 2.81. The minimum atomic E-state index is -0.0905. The van der Waals surface area contributed by atoms with Crippen molar-refractivity contribution < 1.29 is 9.59 Å². The van der Waals surface area contributed by atoms with Crippen LogP contribution in [-0.4, -0.2) is 24.4 Å². The van der Waals surface area contributed by atoms with Crippen LogP contribution in [0.2, 0.25) is 0 Å². The van der Waals surface area contributed by atoms with Crippen LogP contribution < -0.4 is 10.2 Å². The second-order valence-corrected chi connectivity index (χ2v) is 7.53. The molecule has 0 aliphatic heterocycles. The van der Waals surface area contributed by atoms with E-state index in [1.54, 1.807) is 4.90 Å². The third-order valence-corrected chi connectivity index (χ3v) is 5.06. The van der Waals surface area contributed by atoms with E-state index < -0.39 is 0 Å². The van der Waals surface area contributed by atoms with Crippen LogP contribution in [0, 0.1) is 6.92 Å². The van der Waals surface area contributed by atoms with Crippen LogP contribution in [0.1, 0.15) is 76.3 Å². The first-order chi connectivity index (χ1) is 11.9. The van der Waals surface area contributed by atoms with E-state index in [1.807, 2.05) is 25.1 Å². The minimum Gasteiger partial charge on any atom is -0.352 e. The van der Waals surface area contributed by atoms with Crippen LogP contribution in [-0.2, 0) is 9.59 Å². The molecule has 138 valence electrons. The molecule has 1 saturated carbocycles. The highest BCUT2D eigenvalue weighted by Crippen LogP contribution is 2.31. The number of nitrogens with zero attached hydrogens (tertiary/aromatic N) is 1. The maximum atomic E-state index is 12.6. The fraction of sp³-hybridized carbons (Fsp3) is 0.619. The normalized spacial score (nSPS) is 15.7. The van der Waals surface area contributed by atoms with E-state index in [0.717, 1.165) is 29.7 Å². The third-order valence-electron chi connectivity index (χ3n) is 5.06. The van der Waals surface area contributed by atoms with Gasteiger partial charge in [-0.15, -0.1) is 0 Å². The van der Waals surface area contributed by atoms with E-state index in [-0.39, 0.29) is 24.4 Å². The van der Waals surface area contributed by atoms with Crippen molar-refractivity contribution in [3.8, 4) is 0 Å². The van der Waals surface area contributed by atoms with E-state index in [1.165, 1.54) is 32.6 Å². The lowest BCUT2D eigenvalue weighted by Gasteiger charge is -2.27. The number of nitrogens with one attached hydrogen (secondary N) is 1. The molecule has 2 rings (SSSR count). The summed E-state index contributed by atoms with van der Waals surface area (Å²) in [6.45, 7) is 7.86. The molecule has 1 aromatic carbocycles. The number of para-hydroxylation sites is 1. The average molecular weight is 344 g/mol. The van der Waals surface area contributed by atoms with Gasteiger partial charge in [-0.25, -0.2) is 0 Å². The Kier molecular flexibility index (Phi) is 7.03. The maximum absolute atomic E-state index is 12.6. The number of benzene rings is 1. The molecule has 1 aliphatic carbocycles. The molecule has 0 atom stereocenters. The smallest absolute Gasteiger partial charge is 0.240 e. The number of carbonyl (C=O) groups excluding carboxylic acids is 2. The first-order valence-electron chi connectivity index (χ1n) is 9.57. The Balaban J connectivity index is 2.16. The fourth-order valence-corrected chi connectivity index (χ4v) is 3.70. The molecule has 25 heavy (non-hydrogen) atoms. The Hall–Kier alpha value is -1.84. The molecule has 0 saturated heterocycles. The number of hydrogen-bond acceptors (Lipinski definition) is 2. The van der Waals surface area contributed by atoms with Crippen molar-refractivity contribution in [2.24, 2.45) is 0 Å². The third kappa shape index (κ3) is 5.32. The maximum Gasteiger partial charge on any atom is 0.240 e. The lowest BCUT2D eigenvalue weighted by atomic mass is 9.97. The van der Waals surface area contributed by atoms with Crippen molar-refractivity contribution in [1.82, 2.24) is 5.32 Å². The van der Waals surface area contributed by atoms with Gasteiger partial charge in [0, 0.05) is 13.0 Å². The highest BCUT2D eigenvalue weighted by molar-refractivity contribution is 5.98. The van der Waals surface area contributed by atoms with Crippen LogP contribution in [0.15, 0.2) is 18.2 Å². The Morgan fingerprint density at radius 1 is 1.16 bits per heavy atom. The summed E-state index contributed by atoms with van der Waals surface area (Å²) in [7, 11) is 0. The van der Waals surface area contributed by atoms with Crippen molar-refractivity contribution in [3.05, 3.63) is 29.3 Å². The van der Waals surface area contributed by atoms with Crippen molar-refractivity contribution in [1.29, 1.82) is 0 Å². The molecule has 4 nitrogen and oxygen atoms in total. The molecule has 0 spiro atoms. The molecule has 2 amide bonds. The van der Waals surface area contributed by atoms with Gasteiger partial charge in [0.15, 0.2) is 0 Å². The molecular formula is C21H32N2O2. The molecule has 1 N–H and O–H groups in total. The lowest BCUT2D eigenvalue weighted by Crippen LogP contribution is -2.44. The van der Waals surface area contributed by atoms with E-state index >= 15 is 0 Å². The van der Waals surface area contributed by atoms with Crippen LogP contribution in [0.4, 0.5) is 5.69 Å². The van der Waals surface area contributed by atoms with E-state index in [9.17, 15) is 9.59 Å². The Morgan fingerprint density at radius 3 is 2.36 bits per heavy atom. The first kappa shape index (κ1) is 19.5. The minimum absolute atomic E-state index is 0.0555. The Morgan fingerprint density at radius 2 is 1.80 bits per heavy atom. The molecule has 4 heteroatoms.